The van der Waals surface area contributed by atoms with Crippen LogP contribution in [0, 0.1) is 0 Å². The van der Waals surface area contributed by atoms with Crippen molar-refractivity contribution >= 4 is 29.2 Å². The molecule has 0 spiro atoms. The minimum absolute atomic E-state index is 0.0456. The van der Waals surface area contributed by atoms with Crippen LogP contribution in [0.2, 0.25) is 0 Å². The lowest BCUT2D eigenvalue weighted by Crippen LogP contribution is -2.50. The van der Waals surface area contributed by atoms with Crippen LogP contribution in [0.15, 0.2) is 71.8 Å². The quantitative estimate of drug-likeness (QED) is 0.246. The van der Waals surface area contributed by atoms with Crippen molar-refractivity contribution in [2.45, 2.75) is 71.6 Å². The molecule has 6 rings (SSSR count). The fraction of sp³-hybridized carbons (Fsp3) is 0.368. The van der Waals surface area contributed by atoms with Gasteiger partial charge in [0, 0.05) is 55.1 Å². The second-order valence-corrected chi connectivity index (χ2v) is 14.7. The largest absolute Gasteiger partial charge is 0.444 e. The van der Waals surface area contributed by atoms with Crippen molar-refractivity contribution in [2.24, 2.45) is 7.05 Å². The van der Waals surface area contributed by atoms with Gasteiger partial charge in [-0.25, -0.2) is 9.78 Å². The Balaban J connectivity index is 1.22. The fourth-order valence-electron chi connectivity index (χ4n) is 6.22. The number of hydrogen-bond donors (Lipinski definition) is 2. The summed E-state index contributed by atoms with van der Waals surface area (Å²) in [5.41, 5.74) is 5.95. The maximum atomic E-state index is 13.6. The van der Waals surface area contributed by atoms with Gasteiger partial charge in [0.1, 0.15) is 17.1 Å². The van der Waals surface area contributed by atoms with Gasteiger partial charge < -0.3 is 29.5 Å². The molecule has 10 nitrogen and oxygen atoms in total. The van der Waals surface area contributed by atoms with Gasteiger partial charge in [-0.3, -0.25) is 9.59 Å². The van der Waals surface area contributed by atoms with Crippen molar-refractivity contribution in [1.29, 1.82) is 0 Å². The number of carbonyl (C=O) groups excluding carboxylic acids is 2. The number of aliphatic hydroxyl groups is 1. The first-order valence-corrected chi connectivity index (χ1v) is 16.2. The number of nitrogens with one attached hydrogen (secondary N) is 1. The first-order chi connectivity index (χ1) is 22.6. The smallest absolute Gasteiger partial charge is 0.410 e. The number of carbonyl (C=O) groups is 2. The van der Waals surface area contributed by atoms with E-state index in [4.69, 9.17) is 4.74 Å². The third-order valence-corrected chi connectivity index (χ3v) is 8.92. The number of aromatic nitrogens is 2. The Morgan fingerprint density at radius 2 is 1.75 bits per heavy atom. The normalized spacial score (nSPS) is 15.0. The monoisotopic (exact) mass is 649 g/mol. The van der Waals surface area contributed by atoms with Gasteiger partial charge in [0.15, 0.2) is 0 Å². The van der Waals surface area contributed by atoms with Crippen molar-refractivity contribution < 1.29 is 19.4 Å². The molecule has 1 saturated heterocycles. The summed E-state index contributed by atoms with van der Waals surface area (Å²) in [7, 11) is 1.68. The van der Waals surface area contributed by atoms with Crippen LogP contribution < -0.4 is 15.8 Å². The molecule has 0 unspecified atom stereocenters. The summed E-state index contributed by atoms with van der Waals surface area (Å²) in [6, 6.07) is 17.1. The van der Waals surface area contributed by atoms with E-state index >= 15 is 0 Å². The van der Waals surface area contributed by atoms with Crippen molar-refractivity contribution in [3.63, 3.8) is 0 Å². The number of aryl methyl sites for hydroxylation is 1. The zero-order chi connectivity index (χ0) is 34.5. The summed E-state index contributed by atoms with van der Waals surface area (Å²) >= 11 is 0. The lowest BCUT2D eigenvalue weighted by molar-refractivity contribution is 0.00815. The van der Waals surface area contributed by atoms with E-state index < -0.39 is 5.60 Å². The van der Waals surface area contributed by atoms with Gasteiger partial charge in [-0.2, -0.15) is 0 Å². The van der Waals surface area contributed by atoms with Gasteiger partial charge in [0.25, 0.3) is 11.5 Å². The summed E-state index contributed by atoms with van der Waals surface area (Å²) in [6.07, 6.45) is 3.17. The SMILES string of the molecule is Cn1cc(-c2cccc(N3Cc4cc(C(C)(C)C)ccc4C3=O)c2CO)cc(Nc2ccc(C3CN(C(=O)OC(C)(C)C)C3)cn2)c1=O. The maximum absolute atomic E-state index is 13.6. The number of ether oxygens (including phenoxy) is 1. The predicted octanol–water partition coefficient (Wildman–Crippen LogP) is 6.48. The zero-order valence-electron chi connectivity index (χ0n) is 28.6. The maximum Gasteiger partial charge on any atom is 0.410 e. The average molecular weight is 650 g/mol. The number of rotatable bonds is 6. The van der Waals surface area contributed by atoms with E-state index in [-0.39, 0.29) is 35.5 Å². The topological polar surface area (TPSA) is 117 Å². The number of likely N-dealkylation sites (tertiary alicyclic amines) is 1. The summed E-state index contributed by atoms with van der Waals surface area (Å²) < 4.78 is 6.94. The summed E-state index contributed by atoms with van der Waals surface area (Å²) in [4.78, 5) is 47.0. The Labute approximate surface area is 281 Å². The molecular formula is C38H43N5O5. The van der Waals surface area contributed by atoms with Crippen LogP contribution in [0.25, 0.3) is 11.1 Å². The highest BCUT2D eigenvalue weighted by Crippen LogP contribution is 2.38. The molecule has 0 atom stereocenters. The predicted molar refractivity (Wildman–Crippen MR) is 187 cm³/mol. The van der Waals surface area contributed by atoms with Crippen LogP contribution in [0.5, 0.6) is 0 Å². The molecule has 4 aromatic rings. The van der Waals surface area contributed by atoms with Crippen molar-refractivity contribution in [3.05, 3.63) is 105 Å². The minimum atomic E-state index is -0.538. The van der Waals surface area contributed by atoms with Crippen LogP contribution in [0.4, 0.5) is 22.0 Å². The zero-order valence-corrected chi connectivity index (χ0v) is 28.6. The second-order valence-electron chi connectivity index (χ2n) is 14.7. The second kappa shape index (κ2) is 12.2. The molecule has 2 aromatic carbocycles. The Bertz CT molecular complexity index is 1950. The van der Waals surface area contributed by atoms with Crippen LogP contribution in [-0.2, 0) is 30.4 Å². The number of pyridine rings is 2. The molecule has 0 bridgehead atoms. The molecule has 4 heterocycles. The molecule has 1 fully saturated rings. The standard InChI is InChI=1S/C38H43N5O5/c1-37(2,3)27-12-13-29-24(15-27)21-43(34(29)45)32-10-8-9-28(30(32)22-44)25-16-31(35(46)41(7)18-25)40-33-14-11-23(17-39-33)26-19-42(20-26)36(47)48-38(4,5)6/h8-18,26,44H,19-22H2,1-7H3,(H,39,40). The summed E-state index contributed by atoms with van der Waals surface area (Å²) in [6.45, 7) is 13.2. The first-order valence-electron chi connectivity index (χ1n) is 16.2. The van der Waals surface area contributed by atoms with E-state index in [1.165, 1.54) is 4.57 Å². The molecule has 2 aliphatic heterocycles. The third-order valence-electron chi connectivity index (χ3n) is 8.92. The van der Waals surface area contributed by atoms with Gasteiger partial charge >= 0.3 is 6.09 Å². The van der Waals surface area contributed by atoms with E-state index in [1.807, 2.05) is 63.2 Å². The molecule has 10 heteroatoms. The minimum Gasteiger partial charge on any atom is -0.444 e. The summed E-state index contributed by atoms with van der Waals surface area (Å²) in [5.74, 6) is 0.562. The highest BCUT2D eigenvalue weighted by atomic mass is 16.6. The number of fused-ring (bicyclic) bond motifs is 1. The molecule has 2 N–H and O–H groups in total. The number of anilines is 3. The van der Waals surface area contributed by atoms with E-state index in [1.54, 1.807) is 35.3 Å². The number of aliphatic hydroxyl groups excluding tert-OH is 1. The van der Waals surface area contributed by atoms with Crippen molar-refractivity contribution in [3.8, 4) is 11.1 Å². The van der Waals surface area contributed by atoms with Gasteiger partial charge in [-0.15, -0.1) is 0 Å². The number of hydrogen-bond acceptors (Lipinski definition) is 7. The molecule has 250 valence electrons. The van der Waals surface area contributed by atoms with Gasteiger partial charge in [0.2, 0.25) is 0 Å². The molecule has 0 aliphatic carbocycles. The lowest BCUT2D eigenvalue weighted by Gasteiger charge is -2.39. The first kappa shape index (κ1) is 33.0. The van der Waals surface area contributed by atoms with Crippen molar-refractivity contribution in [1.82, 2.24) is 14.5 Å². The van der Waals surface area contributed by atoms with Crippen LogP contribution in [0.3, 0.4) is 0 Å². The van der Waals surface area contributed by atoms with E-state index in [2.05, 4.69) is 37.1 Å². The van der Waals surface area contributed by atoms with E-state index in [9.17, 15) is 19.5 Å². The van der Waals surface area contributed by atoms with Gasteiger partial charge in [-0.05, 0) is 72.7 Å². The Morgan fingerprint density at radius 3 is 2.40 bits per heavy atom. The Kier molecular flexibility index (Phi) is 8.41. The third kappa shape index (κ3) is 6.44. The fourth-order valence-corrected chi connectivity index (χ4v) is 6.22. The highest BCUT2D eigenvalue weighted by Gasteiger charge is 2.35. The van der Waals surface area contributed by atoms with Crippen LogP contribution >= 0.6 is 0 Å². The number of benzene rings is 2. The lowest BCUT2D eigenvalue weighted by atomic mass is 9.85. The Hall–Kier alpha value is -4.96. The van der Waals surface area contributed by atoms with Gasteiger partial charge in [0.05, 0.1) is 18.8 Å². The molecule has 0 saturated carbocycles. The molecule has 2 aliphatic rings. The van der Waals surface area contributed by atoms with Gasteiger partial charge in [-0.1, -0.05) is 51.1 Å². The van der Waals surface area contributed by atoms with E-state index in [0.717, 1.165) is 22.3 Å². The van der Waals surface area contributed by atoms with Crippen LogP contribution in [-0.4, -0.2) is 50.2 Å². The average Bonchev–Trinajstić information content (AvgIpc) is 3.33. The molecule has 2 amide bonds. The molecular weight excluding hydrogens is 606 g/mol. The Morgan fingerprint density at radius 1 is 1.00 bits per heavy atom. The van der Waals surface area contributed by atoms with Crippen LogP contribution in [0.1, 0.15) is 80.1 Å². The summed E-state index contributed by atoms with van der Waals surface area (Å²) in [5, 5.41) is 13.8. The number of amides is 2. The number of nitrogens with zero attached hydrogens (tertiary/aromatic N) is 4. The van der Waals surface area contributed by atoms with E-state index in [0.29, 0.717) is 53.5 Å². The molecule has 48 heavy (non-hydrogen) atoms. The highest BCUT2D eigenvalue weighted by molar-refractivity contribution is 6.10. The molecule has 2 aromatic heterocycles. The van der Waals surface area contributed by atoms with Crippen molar-refractivity contribution in [2.75, 3.05) is 23.3 Å². The molecule has 0 radical (unpaired) electrons.